The highest BCUT2D eigenvalue weighted by Crippen LogP contribution is 2.27. The van der Waals surface area contributed by atoms with Gasteiger partial charge in [0.05, 0.1) is 0 Å². The Labute approximate surface area is 158 Å². The van der Waals surface area contributed by atoms with E-state index in [1.807, 2.05) is 50.3 Å². The monoisotopic (exact) mass is 352 g/mol. The topological polar surface area (TPSA) is 40.5 Å². The number of hydrogen-bond donors (Lipinski definition) is 2. The van der Waals surface area contributed by atoms with Gasteiger partial charge in [-0.3, -0.25) is 0 Å². The molecule has 132 valence electrons. The Morgan fingerprint density at radius 1 is 0.704 bits per heavy atom. The van der Waals surface area contributed by atoms with Crippen LogP contribution in [0.2, 0.25) is 0 Å². The van der Waals surface area contributed by atoms with Gasteiger partial charge >= 0.3 is 7.12 Å². The lowest BCUT2D eigenvalue weighted by atomic mass is 9.73. The molecule has 4 aromatic carbocycles. The summed E-state index contributed by atoms with van der Waals surface area (Å²) >= 11 is 0. The van der Waals surface area contributed by atoms with Crippen molar-refractivity contribution in [3.63, 3.8) is 0 Å². The van der Waals surface area contributed by atoms with Gasteiger partial charge in [-0.1, -0.05) is 72.8 Å². The fourth-order valence-electron chi connectivity index (χ4n) is 4.05. The van der Waals surface area contributed by atoms with Gasteiger partial charge in [-0.15, -0.1) is 0 Å². The van der Waals surface area contributed by atoms with Crippen molar-refractivity contribution in [1.82, 2.24) is 0 Å². The highest BCUT2D eigenvalue weighted by molar-refractivity contribution is 6.62. The number of fused-ring (bicyclic) bond motifs is 2. The van der Waals surface area contributed by atoms with Gasteiger partial charge in [-0.25, -0.2) is 0 Å². The van der Waals surface area contributed by atoms with E-state index in [-0.39, 0.29) is 0 Å². The summed E-state index contributed by atoms with van der Waals surface area (Å²) in [6, 6.07) is 22.8. The summed E-state index contributed by atoms with van der Waals surface area (Å²) in [5, 5.41) is 26.3. The van der Waals surface area contributed by atoms with Gasteiger partial charge in [-0.05, 0) is 68.5 Å². The van der Waals surface area contributed by atoms with Gasteiger partial charge in [0, 0.05) is 0 Å². The molecule has 0 heterocycles. The van der Waals surface area contributed by atoms with Crippen molar-refractivity contribution in [3.8, 4) is 11.1 Å². The van der Waals surface area contributed by atoms with Crippen LogP contribution >= 0.6 is 0 Å². The first-order valence-corrected chi connectivity index (χ1v) is 9.18. The molecule has 0 bridgehead atoms. The Morgan fingerprint density at radius 3 is 2.00 bits per heavy atom. The lowest BCUT2D eigenvalue weighted by Gasteiger charge is -2.15. The van der Waals surface area contributed by atoms with Crippen molar-refractivity contribution in [2.45, 2.75) is 13.8 Å². The van der Waals surface area contributed by atoms with Crippen LogP contribution in [0.1, 0.15) is 13.8 Å². The molecule has 0 amide bonds. The van der Waals surface area contributed by atoms with Crippen molar-refractivity contribution in [2.24, 2.45) is 0 Å². The second-order valence-electron chi connectivity index (χ2n) is 6.67. The third-order valence-corrected chi connectivity index (χ3v) is 5.21. The number of hydrogen-bond acceptors (Lipinski definition) is 2. The third kappa shape index (κ3) is 2.85. The Balaban J connectivity index is 2.22. The lowest BCUT2D eigenvalue weighted by molar-refractivity contribution is 0.426. The molecular weight excluding hydrogens is 331 g/mol. The van der Waals surface area contributed by atoms with Crippen molar-refractivity contribution < 1.29 is 10.0 Å². The highest BCUT2D eigenvalue weighted by atomic mass is 16.4. The third-order valence-electron chi connectivity index (χ3n) is 5.21. The molecule has 0 aliphatic rings. The molecule has 0 saturated carbocycles. The molecule has 0 fully saturated rings. The van der Waals surface area contributed by atoms with E-state index in [1.165, 1.54) is 10.8 Å². The van der Waals surface area contributed by atoms with Crippen molar-refractivity contribution in [3.05, 3.63) is 77.2 Å². The maximum absolute atomic E-state index is 10.1. The van der Waals surface area contributed by atoms with Crippen LogP contribution < -0.4 is 15.9 Å². The second kappa shape index (κ2) is 7.03. The fraction of sp³-hybridized carbons (Fsp3) is 0.0833. The van der Waals surface area contributed by atoms with Gasteiger partial charge in [0.25, 0.3) is 0 Å². The van der Waals surface area contributed by atoms with Crippen molar-refractivity contribution in [1.29, 1.82) is 0 Å². The average Bonchev–Trinajstić information content (AvgIpc) is 2.71. The van der Waals surface area contributed by atoms with E-state index in [1.54, 1.807) is 0 Å². The van der Waals surface area contributed by atoms with Crippen LogP contribution in [0.25, 0.3) is 44.8 Å². The molecule has 0 unspecified atom stereocenters. The average molecular weight is 352 g/mol. The minimum Gasteiger partial charge on any atom is -0.423 e. The zero-order valence-electron chi connectivity index (χ0n) is 15.5. The van der Waals surface area contributed by atoms with Gasteiger partial charge in [0.2, 0.25) is 0 Å². The predicted molar refractivity (Wildman–Crippen MR) is 116 cm³/mol. The fourth-order valence-corrected chi connectivity index (χ4v) is 4.05. The van der Waals surface area contributed by atoms with Crippen LogP contribution in [0, 0.1) is 0 Å². The summed E-state index contributed by atoms with van der Waals surface area (Å²) in [5.74, 6) is 0. The first-order chi connectivity index (χ1) is 13.2. The molecule has 0 saturated heterocycles. The van der Waals surface area contributed by atoms with E-state index in [0.29, 0.717) is 5.46 Å². The molecule has 0 spiro atoms. The van der Waals surface area contributed by atoms with E-state index in [4.69, 9.17) is 0 Å². The summed E-state index contributed by atoms with van der Waals surface area (Å²) in [6.07, 6.45) is 4.01. The van der Waals surface area contributed by atoms with Gasteiger partial charge in [0.1, 0.15) is 0 Å². The van der Waals surface area contributed by atoms with E-state index < -0.39 is 7.12 Å². The second-order valence-corrected chi connectivity index (χ2v) is 6.67. The standard InChI is InChI=1S/C24H21BO2/c1-3-19-20(4-2)24(25(26)27)22-12-8-7-11-21(22)23(19)18-14-13-16-9-5-6-10-17(16)15-18/h3-15,26-27H,1-2H3/b19-3+,20-4+. The van der Waals surface area contributed by atoms with E-state index in [2.05, 4.69) is 42.5 Å². The van der Waals surface area contributed by atoms with Crippen LogP contribution in [0.3, 0.4) is 0 Å². The summed E-state index contributed by atoms with van der Waals surface area (Å²) in [7, 11) is -1.52. The van der Waals surface area contributed by atoms with Gasteiger partial charge in [-0.2, -0.15) is 0 Å². The van der Waals surface area contributed by atoms with Crippen LogP contribution in [-0.2, 0) is 0 Å². The molecule has 0 radical (unpaired) electrons. The summed E-state index contributed by atoms with van der Waals surface area (Å²) < 4.78 is 0. The van der Waals surface area contributed by atoms with Crippen LogP contribution in [0.5, 0.6) is 0 Å². The number of rotatable bonds is 2. The van der Waals surface area contributed by atoms with Crippen molar-refractivity contribution in [2.75, 3.05) is 0 Å². The molecule has 4 rings (SSSR count). The summed E-state index contributed by atoms with van der Waals surface area (Å²) in [5.41, 5.74) is 2.81. The normalized spacial score (nSPS) is 12.9. The van der Waals surface area contributed by atoms with Gasteiger partial charge in [0.15, 0.2) is 0 Å². The molecule has 4 aromatic rings. The SMILES string of the molecule is C/C=c1/c(B(O)O)c2ccccc2c(-c2ccc3ccccc3c2)/c1=C/C. The van der Waals surface area contributed by atoms with Crippen LogP contribution in [0.15, 0.2) is 66.7 Å². The predicted octanol–water partition coefficient (Wildman–Crippen LogP) is 2.94. The summed E-state index contributed by atoms with van der Waals surface area (Å²) in [4.78, 5) is 0. The maximum Gasteiger partial charge on any atom is 0.489 e. The largest absolute Gasteiger partial charge is 0.489 e. The number of benzene rings is 4. The van der Waals surface area contributed by atoms with Crippen LogP contribution in [-0.4, -0.2) is 17.2 Å². The molecule has 2 nitrogen and oxygen atoms in total. The maximum atomic E-state index is 10.1. The molecule has 0 aliphatic heterocycles. The van der Waals surface area contributed by atoms with E-state index in [0.717, 1.165) is 32.3 Å². The quantitative estimate of drug-likeness (QED) is 0.545. The zero-order chi connectivity index (χ0) is 19.0. The minimum absolute atomic E-state index is 0.561. The Hall–Kier alpha value is -2.88. The Morgan fingerprint density at radius 2 is 1.33 bits per heavy atom. The molecule has 27 heavy (non-hydrogen) atoms. The lowest BCUT2D eigenvalue weighted by Crippen LogP contribution is -2.49. The highest BCUT2D eigenvalue weighted by Gasteiger charge is 2.20. The first kappa shape index (κ1) is 17.5. The summed E-state index contributed by atoms with van der Waals surface area (Å²) in [6.45, 7) is 3.93. The minimum atomic E-state index is -1.52. The molecule has 3 heteroatoms. The molecule has 0 aromatic heterocycles. The first-order valence-electron chi connectivity index (χ1n) is 9.18. The Kier molecular flexibility index (Phi) is 4.57. The molecular formula is C24H21BO2. The zero-order valence-corrected chi connectivity index (χ0v) is 15.5. The van der Waals surface area contributed by atoms with Crippen molar-refractivity contribution >= 4 is 46.3 Å². The van der Waals surface area contributed by atoms with Crippen LogP contribution in [0.4, 0.5) is 0 Å². The van der Waals surface area contributed by atoms with E-state index >= 15 is 0 Å². The molecule has 0 aliphatic carbocycles. The molecule has 2 N–H and O–H groups in total. The molecule has 0 atom stereocenters. The van der Waals surface area contributed by atoms with Gasteiger partial charge < -0.3 is 10.0 Å². The smallest absolute Gasteiger partial charge is 0.423 e. The Bertz CT molecular complexity index is 1270. The van der Waals surface area contributed by atoms with E-state index in [9.17, 15) is 10.0 Å².